The summed E-state index contributed by atoms with van der Waals surface area (Å²) >= 11 is 0. The lowest BCUT2D eigenvalue weighted by Gasteiger charge is -2.21. The minimum atomic E-state index is -1.73. The average molecular weight is 257 g/mol. The van der Waals surface area contributed by atoms with Crippen molar-refractivity contribution in [3.63, 3.8) is 0 Å². The van der Waals surface area contributed by atoms with Gasteiger partial charge >= 0.3 is 17.9 Å². The minimum absolute atomic E-state index is 0.169. The number of carbonyl (C=O) groups is 3. The van der Waals surface area contributed by atoms with Crippen LogP contribution in [0.15, 0.2) is 0 Å². The monoisotopic (exact) mass is 257 g/mol. The number of esters is 3. The van der Waals surface area contributed by atoms with Gasteiger partial charge in [0.25, 0.3) is 0 Å². The summed E-state index contributed by atoms with van der Waals surface area (Å²) in [7, 11) is 3.43. The molecule has 0 bridgehead atoms. The Morgan fingerprint density at radius 3 is 2.00 bits per heavy atom. The van der Waals surface area contributed by atoms with E-state index >= 15 is 0 Å². The van der Waals surface area contributed by atoms with Crippen LogP contribution in [-0.2, 0) is 28.6 Å². The quantitative estimate of drug-likeness (QED) is 0.494. The van der Waals surface area contributed by atoms with E-state index in [4.69, 9.17) is 5.26 Å². The molecule has 0 aliphatic heterocycles. The van der Waals surface area contributed by atoms with Crippen molar-refractivity contribution in [1.82, 2.24) is 0 Å². The van der Waals surface area contributed by atoms with E-state index in [1.165, 1.54) is 7.11 Å². The topological polar surface area (TPSA) is 103 Å². The van der Waals surface area contributed by atoms with E-state index in [0.29, 0.717) is 0 Å². The van der Waals surface area contributed by atoms with Crippen LogP contribution < -0.4 is 0 Å². The molecule has 0 heterocycles. The molecular weight excluding hydrogens is 242 g/mol. The van der Waals surface area contributed by atoms with Gasteiger partial charge in [-0.15, -0.1) is 0 Å². The molecule has 0 fully saturated rings. The van der Waals surface area contributed by atoms with Gasteiger partial charge in [-0.25, -0.2) is 0 Å². The van der Waals surface area contributed by atoms with Gasteiger partial charge in [-0.3, -0.25) is 14.4 Å². The van der Waals surface area contributed by atoms with E-state index in [9.17, 15) is 14.4 Å². The van der Waals surface area contributed by atoms with Crippen LogP contribution in [0.1, 0.15) is 19.3 Å². The normalized spacial score (nSPS) is 12.8. The predicted octanol–water partition coefficient (Wildman–Crippen LogP) is 0.186. The lowest BCUT2D eigenvalue weighted by molar-refractivity contribution is -0.157. The maximum Gasteiger partial charge on any atom is 0.326 e. The van der Waals surface area contributed by atoms with Crippen LogP contribution in [0.2, 0.25) is 0 Å². The maximum atomic E-state index is 11.6. The van der Waals surface area contributed by atoms with E-state index in [-0.39, 0.29) is 12.8 Å². The third kappa shape index (κ3) is 4.05. The van der Waals surface area contributed by atoms with Gasteiger partial charge in [0.15, 0.2) is 5.41 Å². The molecule has 0 aromatic carbocycles. The molecule has 0 saturated carbocycles. The summed E-state index contributed by atoms with van der Waals surface area (Å²) in [5.41, 5.74) is -1.73. The Kier molecular flexibility index (Phi) is 6.42. The third-order valence-electron chi connectivity index (χ3n) is 2.45. The number of hydrogen-bond acceptors (Lipinski definition) is 7. The van der Waals surface area contributed by atoms with Crippen molar-refractivity contribution in [2.75, 3.05) is 21.3 Å². The van der Waals surface area contributed by atoms with Crippen LogP contribution in [-0.4, -0.2) is 39.2 Å². The number of nitriles is 1. The molecule has 0 saturated heterocycles. The standard InChI is InChI=1S/C11H15NO6/c1-16-8(13)4-5-11(7-12,10(15)18-3)6-9(14)17-2/h4-6H2,1-3H3. The number of carbonyl (C=O) groups excluding carboxylic acids is 3. The first-order chi connectivity index (χ1) is 8.45. The number of nitrogens with zero attached hydrogens (tertiary/aromatic N) is 1. The molecule has 0 aliphatic carbocycles. The average Bonchev–Trinajstić information content (AvgIpc) is 2.41. The summed E-state index contributed by atoms with van der Waals surface area (Å²) in [5.74, 6) is -2.19. The first-order valence-electron chi connectivity index (χ1n) is 5.09. The molecule has 0 aromatic rings. The highest BCUT2D eigenvalue weighted by molar-refractivity contribution is 5.86. The summed E-state index contributed by atoms with van der Waals surface area (Å²) in [4.78, 5) is 33.9. The van der Waals surface area contributed by atoms with Crippen LogP contribution in [0.3, 0.4) is 0 Å². The van der Waals surface area contributed by atoms with Crippen LogP contribution in [0.25, 0.3) is 0 Å². The van der Waals surface area contributed by atoms with Crippen molar-refractivity contribution >= 4 is 17.9 Å². The number of ether oxygens (including phenoxy) is 3. The second-order valence-corrected chi connectivity index (χ2v) is 3.51. The van der Waals surface area contributed by atoms with Gasteiger partial charge in [0.05, 0.1) is 33.8 Å². The van der Waals surface area contributed by atoms with Crippen molar-refractivity contribution in [2.24, 2.45) is 5.41 Å². The molecule has 7 nitrogen and oxygen atoms in total. The molecule has 1 atom stereocenters. The summed E-state index contributed by atoms with van der Waals surface area (Å²) in [6, 6.07) is 1.73. The van der Waals surface area contributed by atoms with Crippen LogP contribution in [0.4, 0.5) is 0 Å². The smallest absolute Gasteiger partial charge is 0.326 e. The van der Waals surface area contributed by atoms with Gasteiger partial charge in [-0.05, 0) is 6.42 Å². The van der Waals surface area contributed by atoms with Crippen molar-refractivity contribution < 1.29 is 28.6 Å². The number of rotatable bonds is 6. The molecule has 0 radical (unpaired) electrons. The second-order valence-electron chi connectivity index (χ2n) is 3.51. The Morgan fingerprint density at radius 1 is 1.06 bits per heavy atom. The Hall–Kier alpha value is -2.10. The first-order valence-corrected chi connectivity index (χ1v) is 5.09. The molecular formula is C11H15NO6. The van der Waals surface area contributed by atoms with E-state index in [1.807, 2.05) is 0 Å². The molecule has 0 rings (SSSR count). The van der Waals surface area contributed by atoms with Gasteiger partial charge < -0.3 is 14.2 Å². The molecule has 7 heteroatoms. The highest BCUT2D eigenvalue weighted by atomic mass is 16.5. The summed E-state index contributed by atoms with van der Waals surface area (Å²) < 4.78 is 13.3. The van der Waals surface area contributed by atoms with Crippen LogP contribution in [0, 0.1) is 16.7 Å². The lowest BCUT2D eigenvalue weighted by atomic mass is 9.81. The molecule has 0 spiro atoms. The molecule has 100 valence electrons. The minimum Gasteiger partial charge on any atom is -0.469 e. The molecule has 0 aromatic heterocycles. The fourth-order valence-corrected chi connectivity index (χ4v) is 1.34. The number of methoxy groups -OCH3 is 3. The second kappa shape index (κ2) is 7.27. The zero-order valence-corrected chi connectivity index (χ0v) is 10.5. The summed E-state index contributed by atoms with van der Waals surface area (Å²) in [6.45, 7) is 0. The Balaban J connectivity index is 5.00. The molecule has 0 aliphatic rings. The fourth-order valence-electron chi connectivity index (χ4n) is 1.34. The van der Waals surface area contributed by atoms with E-state index in [1.54, 1.807) is 6.07 Å². The summed E-state index contributed by atoms with van der Waals surface area (Å²) in [6.07, 6.45) is -0.808. The molecule has 0 amide bonds. The highest BCUT2D eigenvalue weighted by Crippen LogP contribution is 2.30. The van der Waals surface area contributed by atoms with E-state index < -0.39 is 29.7 Å². The summed E-state index contributed by atoms with van der Waals surface area (Å²) in [5, 5.41) is 9.10. The van der Waals surface area contributed by atoms with E-state index in [0.717, 1.165) is 14.2 Å². The van der Waals surface area contributed by atoms with E-state index in [2.05, 4.69) is 14.2 Å². The van der Waals surface area contributed by atoms with Crippen molar-refractivity contribution in [3.8, 4) is 6.07 Å². The van der Waals surface area contributed by atoms with Gasteiger partial charge in [-0.2, -0.15) is 5.26 Å². The van der Waals surface area contributed by atoms with Gasteiger partial charge in [0.2, 0.25) is 0 Å². The Labute approximate surface area is 105 Å². The largest absolute Gasteiger partial charge is 0.469 e. The van der Waals surface area contributed by atoms with Crippen molar-refractivity contribution in [1.29, 1.82) is 5.26 Å². The first kappa shape index (κ1) is 15.9. The third-order valence-corrected chi connectivity index (χ3v) is 2.45. The zero-order valence-electron chi connectivity index (χ0n) is 10.5. The number of hydrogen-bond donors (Lipinski definition) is 0. The Bertz CT molecular complexity index is 372. The molecule has 0 N–H and O–H groups in total. The zero-order chi connectivity index (χ0) is 14.2. The Morgan fingerprint density at radius 2 is 1.61 bits per heavy atom. The highest BCUT2D eigenvalue weighted by Gasteiger charge is 2.43. The SMILES string of the molecule is COC(=O)CCC(C#N)(CC(=O)OC)C(=O)OC. The van der Waals surface area contributed by atoms with Crippen LogP contribution >= 0.6 is 0 Å². The van der Waals surface area contributed by atoms with Crippen molar-refractivity contribution in [2.45, 2.75) is 19.3 Å². The van der Waals surface area contributed by atoms with Gasteiger partial charge in [-0.1, -0.05) is 0 Å². The van der Waals surface area contributed by atoms with Crippen molar-refractivity contribution in [3.05, 3.63) is 0 Å². The van der Waals surface area contributed by atoms with Gasteiger partial charge in [0.1, 0.15) is 0 Å². The molecule has 1 unspecified atom stereocenters. The van der Waals surface area contributed by atoms with Crippen LogP contribution in [0.5, 0.6) is 0 Å². The lowest BCUT2D eigenvalue weighted by Crippen LogP contribution is -2.34. The predicted molar refractivity (Wildman–Crippen MR) is 57.9 cm³/mol. The fraction of sp³-hybridized carbons (Fsp3) is 0.636. The molecule has 18 heavy (non-hydrogen) atoms. The maximum absolute atomic E-state index is 11.6. The van der Waals surface area contributed by atoms with Gasteiger partial charge in [0, 0.05) is 6.42 Å².